The van der Waals surface area contributed by atoms with Crippen molar-refractivity contribution in [2.24, 2.45) is 5.41 Å². The molecule has 0 radical (unpaired) electrons. The summed E-state index contributed by atoms with van der Waals surface area (Å²) in [5.74, 6) is 0. The minimum atomic E-state index is 0.319. The van der Waals surface area contributed by atoms with Crippen molar-refractivity contribution in [3.8, 4) is 0 Å². The van der Waals surface area contributed by atoms with E-state index in [1.165, 1.54) is 5.56 Å². The molecule has 0 amide bonds. The smallest absolute Gasteiger partial charge is 0.0449 e. The van der Waals surface area contributed by atoms with Crippen LogP contribution in [0.1, 0.15) is 32.4 Å². The zero-order valence-corrected chi connectivity index (χ0v) is 11.8. The monoisotopic (exact) mass is 234 g/mol. The Labute approximate surface area is 106 Å². The molecule has 0 saturated carbocycles. The molecule has 0 bridgehead atoms. The first kappa shape index (κ1) is 14.2. The third-order valence-electron chi connectivity index (χ3n) is 2.63. The van der Waals surface area contributed by atoms with Crippen molar-refractivity contribution < 1.29 is 0 Å². The number of nitrogens with one attached hydrogen (secondary N) is 1. The largest absolute Gasteiger partial charge is 0.308 e. The molecule has 0 aliphatic rings. The van der Waals surface area contributed by atoms with Crippen LogP contribution in [-0.4, -0.2) is 32.1 Å². The Bertz CT molecular complexity index is 311. The van der Waals surface area contributed by atoms with Crippen LogP contribution in [0.3, 0.4) is 0 Å². The molecule has 0 spiro atoms. The standard InChI is InChI=1S/C15H26N2/c1-15(2,3)12-16-14(11-17(4)5)13-9-7-6-8-10-13/h6-10,14,16H,11-12H2,1-5H3. The van der Waals surface area contributed by atoms with Gasteiger partial charge in [0.15, 0.2) is 0 Å². The zero-order chi connectivity index (χ0) is 12.9. The predicted octanol–water partition coefficient (Wildman–Crippen LogP) is 2.93. The van der Waals surface area contributed by atoms with Crippen molar-refractivity contribution in [2.75, 3.05) is 27.2 Å². The molecule has 96 valence electrons. The molecule has 0 aliphatic carbocycles. The van der Waals surface area contributed by atoms with Crippen LogP contribution in [0.5, 0.6) is 0 Å². The van der Waals surface area contributed by atoms with Crippen molar-refractivity contribution in [1.29, 1.82) is 0 Å². The summed E-state index contributed by atoms with van der Waals surface area (Å²) in [6, 6.07) is 11.1. The normalized spacial score (nSPS) is 14.0. The summed E-state index contributed by atoms with van der Waals surface area (Å²) in [5.41, 5.74) is 1.68. The van der Waals surface area contributed by atoms with Gasteiger partial charge in [0, 0.05) is 19.1 Å². The van der Waals surface area contributed by atoms with Gasteiger partial charge in [-0.25, -0.2) is 0 Å². The molecule has 1 N–H and O–H groups in total. The van der Waals surface area contributed by atoms with Crippen molar-refractivity contribution >= 4 is 0 Å². The highest BCUT2D eigenvalue weighted by atomic mass is 15.1. The molecule has 1 aromatic rings. The van der Waals surface area contributed by atoms with E-state index in [0.29, 0.717) is 11.5 Å². The van der Waals surface area contributed by atoms with Crippen LogP contribution < -0.4 is 5.32 Å². The molecular formula is C15H26N2. The van der Waals surface area contributed by atoms with Gasteiger partial charge in [0.1, 0.15) is 0 Å². The summed E-state index contributed by atoms with van der Waals surface area (Å²) in [5, 5.41) is 3.67. The maximum Gasteiger partial charge on any atom is 0.0449 e. The lowest BCUT2D eigenvalue weighted by Crippen LogP contribution is -2.36. The van der Waals surface area contributed by atoms with E-state index in [4.69, 9.17) is 0 Å². The molecular weight excluding hydrogens is 208 g/mol. The summed E-state index contributed by atoms with van der Waals surface area (Å²) in [4.78, 5) is 2.23. The van der Waals surface area contributed by atoms with Gasteiger partial charge in [-0.3, -0.25) is 0 Å². The van der Waals surface area contributed by atoms with E-state index in [2.05, 4.69) is 75.4 Å². The Morgan fingerprint density at radius 2 is 1.71 bits per heavy atom. The zero-order valence-electron chi connectivity index (χ0n) is 11.8. The van der Waals surface area contributed by atoms with Gasteiger partial charge in [-0.1, -0.05) is 51.1 Å². The SMILES string of the molecule is CN(C)CC(NCC(C)(C)C)c1ccccc1. The fraction of sp³-hybridized carbons (Fsp3) is 0.600. The second-order valence-corrected chi connectivity index (χ2v) is 6.17. The molecule has 0 heterocycles. The summed E-state index contributed by atoms with van der Waals surface area (Å²) in [6.07, 6.45) is 0. The molecule has 0 fully saturated rings. The molecule has 0 aromatic heterocycles. The van der Waals surface area contributed by atoms with Crippen molar-refractivity contribution in [1.82, 2.24) is 10.2 Å². The van der Waals surface area contributed by atoms with Crippen LogP contribution in [0, 0.1) is 5.41 Å². The highest BCUT2D eigenvalue weighted by Crippen LogP contribution is 2.17. The molecule has 0 saturated heterocycles. The van der Waals surface area contributed by atoms with Crippen molar-refractivity contribution in [2.45, 2.75) is 26.8 Å². The van der Waals surface area contributed by atoms with E-state index in [9.17, 15) is 0 Å². The van der Waals surface area contributed by atoms with E-state index in [1.54, 1.807) is 0 Å². The Hall–Kier alpha value is -0.860. The summed E-state index contributed by atoms with van der Waals surface area (Å²) in [7, 11) is 4.24. The van der Waals surface area contributed by atoms with Gasteiger partial charge >= 0.3 is 0 Å². The molecule has 0 aliphatic heterocycles. The molecule has 1 atom stereocenters. The number of hydrogen-bond donors (Lipinski definition) is 1. The van der Waals surface area contributed by atoms with Gasteiger partial charge < -0.3 is 10.2 Å². The highest BCUT2D eigenvalue weighted by Gasteiger charge is 2.16. The Balaban J connectivity index is 2.68. The lowest BCUT2D eigenvalue weighted by molar-refractivity contribution is 0.300. The van der Waals surface area contributed by atoms with E-state index in [-0.39, 0.29) is 0 Å². The van der Waals surface area contributed by atoms with Crippen molar-refractivity contribution in [3.63, 3.8) is 0 Å². The van der Waals surface area contributed by atoms with Crippen LogP contribution >= 0.6 is 0 Å². The van der Waals surface area contributed by atoms with E-state index < -0.39 is 0 Å². The second kappa shape index (κ2) is 6.18. The lowest BCUT2D eigenvalue weighted by atomic mass is 9.95. The average Bonchev–Trinajstić information content (AvgIpc) is 2.24. The maximum atomic E-state index is 3.67. The summed E-state index contributed by atoms with van der Waals surface area (Å²) in [6.45, 7) is 8.84. The Kier molecular flexibility index (Phi) is 5.16. The van der Waals surface area contributed by atoms with Crippen LogP contribution in [0.15, 0.2) is 30.3 Å². The van der Waals surface area contributed by atoms with Gasteiger partial charge in [0.25, 0.3) is 0 Å². The molecule has 1 aromatic carbocycles. The number of nitrogens with zero attached hydrogens (tertiary/aromatic N) is 1. The van der Waals surface area contributed by atoms with Crippen molar-refractivity contribution in [3.05, 3.63) is 35.9 Å². The van der Waals surface area contributed by atoms with E-state index in [1.807, 2.05) is 0 Å². The number of likely N-dealkylation sites (N-methyl/N-ethyl adjacent to an activating group) is 1. The van der Waals surface area contributed by atoms with E-state index in [0.717, 1.165) is 13.1 Å². The van der Waals surface area contributed by atoms with Crippen LogP contribution in [0.25, 0.3) is 0 Å². The fourth-order valence-corrected chi connectivity index (χ4v) is 1.77. The molecule has 2 heteroatoms. The number of rotatable bonds is 5. The minimum absolute atomic E-state index is 0.319. The van der Waals surface area contributed by atoms with Gasteiger partial charge in [0.2, 0.25) is 0 Å². The summed E-state index contributed by atoms with van der Waals surface area (Å²) >= 11 is 0. The Morgan fingerprint density at radius 1 is 1.12 bits per heavy atom. The number of hydrogen-bond acceptors (Lipinski definition) is 2. The molecule has 17 heavy (non-hydrogen) atoms. The average molecular weight is 234 g/mol. The van der Waals surface area contributed by atoms with Gasteiger partial charge in [-0.2, -0.15) is 0 Å². The first-order valence-electron chi connectivity index (χ1n) is 6.31. The quantitative estimate of drug-likeness (QED) is 0.842. The summed E-state index contributed by atoms with van der Waals surface area (Å²) < 4.78 is 0. The second-order valence-electron chi connectivity index (χ2n) is 6.17. The van der Waals surface area contributed by atoms with Crippen LogP contribution in [0.4, 0.5) is 0 Å². The minimum Gasteiger partial charge on any atom is -0.308 e. The third-order valence-corrected chi connectivity index (χ3v) is 2.63. The highest BCUT2D eigenvalue weighted by molar-refractivity contribution is 5.19. The lowest BCUT2D eigenvalue weighted by Gasteiger charge is -2.27. The maximum absolute atomic E-state index is 3.67. The van der Waals surface area contributed by atoms with E-state index >= 15 is 0 Å². The predicted molar refractivity (Wildman–Crippen MR) is 75.2 cm³/mol. The fourth-order valence-electron chi connectivity index (χ4n) is 1.77. The Morgan fingerprint density at radius 3 is 2.18 bits per heavy atom. The van der Waals surface area contributed by atoms with Gasteiger partial charge in [-0.05, 0) is 25.1 Å². The van der Waals surface area contributed by atoms with Crippen LogP contribution in [0.2, 0.25) is 0 Å². The first-order valence-corrected chi connectivity index (χ1v) is 6.31. The third kappa shape index (κ3) is 5.85. The number of benzene rings is 1. The molecule has 1 unspecified atom stereocenters. The topological polar surface area (TPSA) is 15.3 Å². The van der Waals surface area contributed by atoms with Crippen LogP contribution in [-0.2, 0) is 0 Å². The van der Waals surface area contributed by atoms with Gasteiger partial charge in [0.05, 0.1) is 0 Å². The first-order chi connectivity index (χ1) is 7.88. The molecule has 1 rings (SSSR count). The molecule has 2 nitrogen and oxygen atoms in total. The van der Waals surface area contributed by atoms with Gasteiger partial charge in [-0.15, -0.1) is 0 Å².